The van der Waals surface area contributed by atoms with E-state index in [0.29, 0.717) is 0 Å². The van der Waals surface area contributed by atoms with E-state index in [9.17, 15) is 0 Å². The summed E-state index contributed by atoms with van der Waals surface area (Å²) >= 11 is 5.89. The van der Waals surface area contributed by atoms with Crippen molar-refractivity contribution in [1.29, 1.82) is 0 Å². The Kier molecular flexibility index (Phi) is 12.0. The number of hydrogen-bond acceptors (Lipinski definition) is 2. The van der Waals surface area contributed by atoms with E-state index in [1.54, 1.807) is 0 Å². The molecule has 0 fully saturated rings. The molecule has 1 N–H and O–H groups in total. The first-order chi connectivity index (χ1) is 10.7. The Bertz CT molecular complexity index is 552. The average molecular weight is 390 g/mol. The minimum Gasteiger partial charge on any atom is -0.372 e. The normalized spacial score (nSPS) is 9.79. The molecule has 0 aliphatic heterocycles. The summed E-state index contributed by atoms with van der Waals surface area (Å²) in [4.78, 5) is 2.36. The molecule has 5 heteroatoms. The highest BCUT2D eigenvalue weighted by Crippen LogP contribution is 2.15. The number of benzene rings is 2. The van der Waals surface area contributed by atoms with Crippen molar-refractivity contribution >= 4 is 42.1 Å². The van der Waals surface area contributed by atoms with Gasteiger partial charge in [0, 0.05) is 30.3 Å². The molecule has 2 nitrogen and oxygen atoms in total. The van der Waals surface area contributed by atoms with Crippen molar-refractivity contribution in [2.45, 2.75) is 26.8 Å². The molecule has 0 saturated carbocycles. The third-order valence-electron chi connectivity index (χ3n) is 3.90. The molecule has 0 atom stereocenters. The summed E-state index contributed by atoms with van der Waals surface area (Å²) in [7, 11) is 0. The molecule has 0 aliphatic carbocycles. The highest BCUT2D eigenvalue weighted by Gasteiger charge is 2.01. The van der Waals surface area contributed by atoms with Crippen molar-refractivity contribution in [2.75, 3.05) is 24.5 Å². The van der Waals surface area contributed by atoms with Crippen LogP contribution in [0.3, 0.4) is 0 Å². The first-order valence-electron chi connectivity index (χ1n) is 8.02. The average Bonchev–Trinajstić information content (AvgIpc) is 2.56. The summed E-state index contributed by atoms with van der Waals surface area (Å²) in [5, 5.41) is 4.29. The van der Waals surface area contributed by atoms with Gasteiger partial charge in [0.25, 0.3) is 0 Å². The molecule has 0 heterocycles. The molecule has 0 radical (unpaired) electrons. The van der Waals surface area contributed by atoms with Crippen LogP contribution in [0.25, 0.3) is 0 Å². The Labute approximate surface area is 163 Å². The van der Waals surface area contributed by atoms with Gasteiger partial charge in [0.15, 0.2) is 0 Å². The molecule has 0 aromatic heterocycles. The van der Waals surface area contributed by atoms with Gasteiger partial charge in [-0.3, -0.25) is 0 Å². The fraction of sp³-hybridized carbons (Fsp3) is 0.368. The Morgan fingerprint density at radius 1 is 0.833 bits per heavy atom. The van der Waals surface area contributed by atoms with Crippen LogP contribution < -0.4 is 10.2 Å². The fourth-order valence-corrected chi connectivity index (χ4v) is 2.66. The molecule has 0 amide bonds. The van der Waals surface area contributed by atoms with Crippen molar-refractivity contribution in [3.8, 4) is 0 Å². The smallest absolute Gasteiger partial charge is 0.0406 e. The van der Waals surface area contributed by atoms with Crippen LogP contribution >= 0.6 is 36.4 Å². The van der Waals surface area contributed by atoms with Crippen LogP contribution in [-0.4, -0.2) is 19.6 Å². The largest absolute Gasteiger partial charge is 0.372 e. The monoisotopic (exact) mass is 388 g/mol. The molecule has 0 bridgehead atoms. The molecule has 2 rings (SSSR count). The maximum Gasteiger partial charge on any atom is 0.0406 e. The molecule has 0 unspecified atom stereocenters. The number of halogens is 3. The number of rotatable bonds is 8. The van der Waals surface area contributed by atoms with Crippen LogP contribution in [0.1, 0.15) is 25.0 Å². The lowest BCUT2D eigenvalue weighted by molar-refractivity contribution is 0.687. The fourth-order valence-electron chi connectivity index (χ4n) is 2.53. The van der Waals surface area contributed by atoms with Gasteiger partial charge in [-0.15, -0.1) is 24.8 Å². The van der Waals surface area contributed by atoms with E-state index in [0.717, 1.165) is 37.6 Å². The van der Waals surface area contributed by atoms with Crippen LogP contribution in [0, 0.1) is 0 Å². The van der Waals surface area contributed by atoms with Crippen molar-refractivity contribution in [1.82, 2.24) is 5.32 Å². The van der Waals surface area contributed by atoms with Crippen LogP contribution in [-0.2, 0) is 13.0 Å². The molecule has 2 aromatic carbocycles. The zero-order valence-corrected chi connectivity index (χ0v) is 16.7. The van der Waals surface area contributed by atoms with Crippen LogP contribution in [0.2, 0.25) is 5.02 Å². The predicted octanol–water partition coefficient (Wildman–Crippen LogP) is 5.36. The summed E-state index contributed by atoms with van der Waals surface area (Å²) in [6, 6.07) is 16.9. The third kappa shape index (κ3) is 7.31. The highest BCUT2D eigenvalue weighted by molar-refractivity contribution is 6.30. The summed E-state index contributed by atoms with van der Waals surface area (Å²) in [6.07, 6.45) is 1.02. The predicted molar refractivity (Wildman–Crippen MR) is 111 cm³/mol. The molecular weight excluding hydrogens is 363 g/mol. The molecular formula is C19H27Cl3N2. The minimum absolute atomic E-state index is 0. The second-order valence-corrected chi connectivity index (χ2v) is 5.83. The SMILES string of the molecule is CCN(CC)c1ccc(CNCCc2ccc(Cl)cc2)cc1.Cl.Cl. The summed E-state index contributed by atoms with van der Waals surface area (Å²) in [6.45, 7) is 8.36. The van der Waals surface area contributed by atoms with E-state index in [2.05, 4.69) is 60.5 Å². The quantitative estimate of drug-likeness (QED) is 0.611. The van der Waals surface area contributed by atoms with Gasteiger partial charge in [-0.1, -0.05) is 35.9 Å². The lowest BCUT2D eigenvalue weighted by Crippen LogP contribution is -2.21. The van der Waals surface area contributed by atoms with Gasteiger partial charge in [0.1, 0.15) is 0 Å². The second kappa shape index (κ2) is 12.4. The lowest BCUT2D eigenvalue weighted by atomic mass is 10.1. The standard InChI is InChI=1S/C19H25ClN2.2ClH/c1-3-22(4-2)19-11-7-17(8-12-19)15-21-14-13-16-5-9-18(20)10-6-16;;/h5-12,21H,3-4,13-15H2,1-2H3;2*1H. The molecule has 0 spiro atoms. The first kappa shape index (κ1) is 23.1. The summed E-state index contributed by atoms with van der Waals surface area (Å²) < 4.78 is 0. The maximum absolute atomic E-state index is 5.89. The van der Waals surface area contributed by atoms with E-state index >= 15 is 0 Å². The Morgan fingerprint density at radius 3 is 1.92 bits per heavy atom. The zero-order chi connectivity index (χ0) is 15.8. The van der Waals surface area contributed by atoms with Crippen LogP contribution in [0.15, 0.2) is 48.5 Å². The Morgan fingerprint density at radius 2 is 1.38 bits per heavy atom. The molecule has 0 aliphatic rings. The molecule has 24 heavy (non-hydrogen) atoms. The summed E-state index contributed by atoms with van der Waals surface area (Å²) in [5.74, 6) is 0. The maximum atomic E-state index is 5.89. The van der Waals surface area contributed by atoms with Gasteiger partial charge in [-0.2, -0.15) is 0 Å². The lowest BCUT2D eigenvalue weighted by Gasteiger charge is -2.21. The summed E-state index contributed by atoms with van der Waals surface area (Å²) in [5.41, 5.74) is 3.94. The van der Waals surface area contributed by atoms with E-state index in [1.165, 1.54) is 16.8 Å². The van der Waals surface area contributed by atoms with Gasteiger partial charge in [0.05, 0.1) is 0 Å². The number of nitrogens with one attached hydrogen (secondary N) is 1. The number of hydrogen-bond donors (Lipinski definition) is 1. The van der Waals surface area contributed by atoms with Crippen molar-refractivity contribution in [3.05, 3.63) is 64.7 Å². The molecule has 2 aromatic rings. The Balaban J connectivity index is 0.00000264. The third-order valence-corrected chi connectivity index (χ3v) is 4.15. The highest BCUT2D eigenvalue weighted by atomic mass is 35.5. The molecule has 0 saturated heterocycles. The minimum atomic E-state index is 0. The van der Waals surface area contributed by atoms with Crippen molar-refractivity contribution in [2.24, 2.45) is 0 Å². The van der Waals surface area contributed by atoms with E-state index in [4.69, 9.17) is 11.6 Å². The van der Waals surface area contributed by atoms with Gasteiger partial charge in [0.2, 0.25) is 0 Å². The van der Waals surface area contributed by atoms with Gasteiger partial charge in [-0.05, 0) is 62.2 Å². The van der Waals surface area contributed by atoms with Crippen LogP contribution in [0.5, 0.6) is 0 Å². The molecule has 134 valence electrons. The van der Waals surface area contributed by atoms with Crippen molar-refractivity contribution in [3.63, 3.8) is 0 Å². The van der Waals surface area contributed by atoms with Gasteiger partial charge >= 0.3 is 0 Å². The second-order valence-electron chi connectivity index (χ2n) is 5.39. The van der Waals surface area contributed by atoms with Crippen molar-refractivity contribution < 1.29 is 0 Å². The first-order valence-corrected chi connectivity index (χ1v) is 8.39. The number of nitrogens with zero attached hydrogens (tertiary/aromatic N) is 1. The van der Waals surface area contributed by atoms with E-state index in [-0.39, 0.29) is 24.8 Å². The Hall–Kier alpha value is -0.930. The van der Waals surface area contributed by atoms with E-state index in [1.807, 2.05) is 12.1 Å². The van der Waals surface area contributed by atoms with Gasteiger partial charge in [-0.25, -0.2) is 0 Å². The van der Waals surface area contributed by atoms with E-state index < -0.39 is 0 Å². The topological polar surface area (TPSA) is 15.3 Å². The van der Waals surface area contributed by atoms with Gasteiger partial charge < -0.3 is 10.2 Å². The van der Waals surface area contributed by atoms with Crippen LogP contribution in [0.4, 0.5) is 5.69 Å². The zero-order valence-electron chi connectivity index (χ0n) is 14.3. The number of anilines is 1.